The number of nitrogens with zero attached hydrogens (tertiary/aromatic N) is 1. The third-order valence-electron chi connectivity index (χ3n) is 4.13. The van der Waals surface area contributed by atoms with Crippen molar-refractivity contribution in [2.45, 2.75) is 20.0 Å². The van der Waals surface area contributed by atoms with E-state index in [1.54, 1.807) is 11.3 Å². The number of amides is 1. The van der Waals surface area contributed by atoms with E-state index in [-0.39, 0.29) is 12.7 Å². The second-order valence-electron chi connectivity index (χ2n) is 6.24. The summed E-state index contributed by atoms with van der Waals surface area (Å²) < 4.78 is 14.8. The van der Waals surface area contributed by atoms with Gasteiger partial charge in [0.2, 0.25) is 6.79 Å². The first-order valence-electron chi connectivity index (χ1n) is 8.10. The average Bonchev–Trinajstić information content (AvgIpc) is 3.29. The molecule has 0 bridgehead atoms. The molecule has 0 radical (unpaired) electrons. The number of halogens is 1. The summed E-state index contributed by atoms with van der Waals surface area (Å²) in [5, 5.41) is 5.03. The Labute approximate surface area is 163 Å². The van der Waals surface area contributed by atoms with Crippen molar-refractivity contribution in [2.75, 3.05) is 6.79 Å². The van der Waals surface area contributed by atoms with Crippen LogP contribution in [0.25, 0.3) is 10.2 Å². The zero-order valence-electron chi connectivity index (χ0n) is 14.2. The SMILES string of the molecule is C=C(C)Cn1c(C(=O)NCc2ccc3c(c2)OCO3)cc2scc(Br)c21. The number of carbonyl (C=O) groups is 1. The standard InChI is InChI=1S/C19H17BrN2O3S/c1-11(2)8-22-14(6-17-18(22)13(20)9-26-17)19(23)21-7-12-3-4-15-16(5-12)25-10-24-15/h3-6,9H,1,7-8,10H2,2H3,(H,21,23). The lowest BCUT2D eigenvalue weighted by atomic mass is 10.2. The van der Waals surface area contributed by atoms with Gasteiger partial charge in [-0.2, -0.15) is 0 Å². The minimum atomic E-state index is -0.112. The molecule has 0 saturated carbocycles. The molecular weight excluding hydrogens is 416 g/mol. The van der Waals surface area contributed by atoms with Gasteiger partial charge in [0.05, 0.1) is 14.7 Å². The van der Waals surface area contributed by atoms with E-state index in [1.165, 1.54) is 0 Å². The number of ether oxygens (including phenoxy) is 2. The van der Waals surface area contributed by atoms with E-state index in [1.807, 2.05) is 41.1 Å². The van der Waals surface area contributed by atoms with Crippen molar-refractivity contribution in [2.24, 2.45) is 0 Å². The van der Waals surface area contributed by atoms with Gasteiger partial charge in [0.15, 0.2) is 11.5 Å². The molecule has 5 nitrogen and oxygen atoms in total. The highest BCUT2D eigenvalue weighted by atomic mass is 79.9. The molecule has 1 aliphatic heterocycles. The van der Waals surface area contributed by atoms with Crippen molar-refractivity contribution < 1.29 is 14.3 Å². The van der Waals surface area contributed by atoms with Gasteiger partial charge in [0.25, 0.3) is 5.91 Å². The van der Waals surface area contributed by atoms with Gasteiger partial charge in [0.1, 0.15) is 5.69 Å². The Morgan fingerprint density at radius 1 is 1.35 bits per heavy atom. The predicted octanol–water partition coefficient (Wildman–Crippen LogP) is 4.70. The van der Waals surface area contributed by atoms with E-state index in [9.17, 15) is 4.79 Å². The van der Waals surface area contributed by atoms with Crippen LogP contribution in [0.2, 0.25) is 0 Å². The molecule has 26 heavy (non-hydrogen) atoms. The molecular formula is C19H17BrN2O3S. The monoisotopic (exact) mass is 432 g/mol. The van der Waals surface area contributed by atoms with Crippen molar-refractivity contribution in [3.05, 3.63) is 57.5 Å². The van der Waals surface area contributed by atoms with Gasteiger partial charge in [-0.1, -0.05) is 18.2 Å². The Morgan fingerprint density at radius 2 is 2.15 bits per heavy atom. The Kier molecular flexibility index (Phi) is 4.50. The Morgan fingerprint density at radius 3 is 2.96 bits per heavy atom. The van der Waals surface area contributed by atoms with Crippen molar-refractivity contribution in [3.8, 4) is 11.5 Å². The molecule has 2 aromatic heterocycles. The first kappa shape index (κ1) is 17.2. The molecule has 1 N–H and O–H groups in total. The maximum Gasteiger partial charge on any atom is 0.268 e. The van der Waals surface area contributed by atoms with Crippen molar-refractivity contribution in [1.29, 1.82) is 0 Å². The van der Waals surface area contributed by atoms with Crippen LogP contribution in [-0.2, 0) is 13.1 Å². The quantitative estimate of drug-likeness (QED) is 0.594. The second-order valence-corrected chi connectivity index (χ2v) is 8.01. The van der Waals surface area contributed by atoms with Crippen molar-refractivity contribution in [3.63, 3.8) is 0 Å². The summed E-state index contributed by atoms with van der Waals surface area (Å²) in [6.07, 6.45) is 0. The third kappa shape index (κ3) is 3.12. The Bertz CT molecular complexity index is 1020. The van der Waals surface area contributed by atoms with Crippen LogP contribution in [0.5, 0.6) is 11.5 Å². The van der Waals surface area contributed by atoms with Crippen LogP contribution in [0.4, 0.5) is 0 Å². The normalized spacial score (nSPS) is 12.5. The Hall–Kier alpha value is -2.25. The average molecular weight is 433 g/mol. The number of carbonyl (C=O) groups excluding carboxylic acids is 1. The highest BCUT2D eigenvalue weighted by Gasteiger charge is 2.19. The molecule has 3 heterocycles. The molecule has 0 fully saturated rings. The predicted molar refractivity (Wildman–Crippen MR) is 106 cm³/mol. The lowest BCUT2D eigenvalue weighted by Gasteiger charge is -2.11. The summed E-state index contributed by atoms with van der Waals surface area (Å²) in [5.41, 5.74) is 3.62. The minimum absolute atomic E-state index is 0.112. The topological polar surface area (TPSA) is 52.5 Å². The highest BCUT2D eigenvalue weighted by molar-refractivity contribution is 9.10. The van der Waals surface area contributed by atoms with E-state index >= 15 is 0 Å². The van der Waals surface area contributed by atoms with Crippen molar-refractivity contribution >= 4 is 43.4 Å². The van der Waals surface area contributed by atoms with E-state index in [0.29, 0.717) is 24.5 Å². The number of hydrogen-bond acceptors (Lipinski definition) is 4. The summed E-state index contributed by atoms with van der Waals surface area (Å²) in [7, 11) is 0. The first-order valence-corrected chi connectivity index (χ1v) is 9.77. The molecule has 0 saturated heterocycles. The molecule has 0 aliphatic carbocycles. The van der Waals surface area contributed by atoms with Crippen LogP contribution in [0.15, 0.2) is 46.3 Å². The largest absolute Gasteiger partial charge is 0.454 e. The van der Waals surface area contributed by atoms with Crippen LogP contribution in [0.1, 0.15) is 23.0 Å². The van der Waals surface area contributed by atoms with Gasteiger partial charge in [-0.05, 0) is 46.6 Å². The van der Waals surface area contributed by atoms with Gasteiger partial charge in [0, 0.05) is 18.5 Å². The van der Waals surface area contributed by atoms with E-state index in [0.717, 1.165) is 31.6 Å². The van der Waals surface area contributed by atoms with Crippen molar-refractivity contribution in [1.82, 2.24) is 9.88 Å². The minimum Gasteiger partial charge on any atom is -0.454 e. The number of benzene rings is 1. The number of hydrogen-bond donors (Lipinski definition) is 1. The maximum atomic E-state index is 12.8. The van der Waals surface area contributed by atoms with E-state index in [4.69, 9.17) is 9.47 Å². The second kappa shape index (κ2) is 6.81. The maximum absolute atomic E-state index is 12.8. The smallest absolute Gasteiger partial charge is 0.268 e. The summed E-state index contributed by atoms with van der Waals surface area (Å²) >= 11 is 5.19. The van der Waals surface area contributed by atoms with Crippen LogP contribution in [-0.4, -0.2) is 17.3 Å². The third-order valence-corrected chi connectivity index (χ3v) is 5.95. The van der Waals surface area contributed by atoms with Gasteiger partial charge < -0.3 is 19.4 Å². The molecule has 134 valence electrons. The van der Waals surface area contributed by atoms with Crippen LogP contribution in [0, 0.1) is 0 Å². The molecule has 1 aliphatic rings. The lowest BCUT2D eigenvalue weighted by Crippen LogP contribution is -2.25. The number of fused-ring (bicyclic) bond motifs is 2. The highest BCUT2D eigenvalue weighted by Crippen LogP contribution is 2.34. The fourth-order valence-electron chi connectivity index (χ4n) is 2.98. The molecule has 1 amide bonds. The molecule has 3 aromatic rings. The molecule has 7 heteroatoms. The zero-order valence-corrected chi connectivity index (χ0v) is 16.6. The number of nitrogens with one attached hydrogen (secondary N) is 1. The van der Waals surface area contributed by atoms with Gasteiger partial charge >= 0.3 is 0 Å². The van der Waals surface area contributed by atoms with Gasteiger partial charge in [-0.15, -0.1) is 11.3 Å². The first-order chi connectivity index (χ1) is 12.5. The van der Waals surface area contributed by atoms with Crippen LogP contribution < -0.4 is 14.8 Å². The number of thiophene rings is 1. The zero-order chi connectivity index (χ0) is 18.3. The fourth-order valence-corrected chi connectivity index (χ4v) is 4.67. The molecule has 0 unspecified atom stereocenters. The molecule has 1 aromatic carbocycles. The van der Waals surface area contributed by atoms with E-state index < -0.39 is 0 Å². The number of rotatable bonds is 5. The summed E-state index contributed by atoms with van der Waals surface area (Å²) in [4.78, 5) is 12.8. The number of allylic oxidation sites excluding steroid dienone is 1. The summed E-state index contributed by atoms with van der Waals surface area (Å²) in [5.74, 6) is 1.34. The van der Waals surface area contributed by atoms with E-state index in [2.05, 4.69) is 27.8 Å². The fraction of sp³-hybridized carbons (Fsp3) is 0.211. The Balaban J connectivity index is 1.57. The van der Waals surface area contributed by atoms with Gasteiger partial charge in [-0.3, -0.25) is 4.79 Å². The molecule has 0 spiro atoms. The number of aromatic nitrogens is 1. The summed E-state index contributed by atoms with van der Waals surface area (Å²) in [6.45, 7) is 7.21. The van der Waals surface area contributed by atoms with Crippen LogP contribution in [0.3, 0.4) is 0 Å². The lowest BCUT2D eigenvalue weighted by molar-refractivity contribution is 0.0942. The molecule has 4 rings (SSSR count). The van der Waals surface area contributed by atoms with Gasteiger partial charge in [-0.25, -0.2) is 0 Å². The summed E-state index contributed by atoms with van der Waals surface area (Å²) in [6, 6.07) is 7.62. The molecule has 0 atom stereocenters. The van der Waals surface area contributed by atoms with Crippen LogP contribution >= 0.6 is 27.3 Å².